The van der Waals surface area contributed by atoms with Crippen molar-refractivity contribution in [3.63, 3.8) is 0 Å². The Hall–Kier alpha value is -2.55. The van der Waals surface area contributed by atoms with E-state index >= 15 is 0 Å². The zero-order valence-corrected chi connectivity index (χ0v) is 14.0. The van der Waals surface area contributed by atoms with Crippen LogP contribution in [0, 0.1) is 11.3 Å². The Balaban J connectivity index is 2.27. The maximum Gasteiger partial charge on any atom is 0.254 e. The summed E-state index contributed by atoms with van der Waals surface area (Å²) in [4.78, 5) is 14.0. The Bertz CT molecular complexity index is 771. The average Bonchev–Trinajstić information content (AvgIpc) is 2.59. The number of carbonyl (C=O) groups excluding carboxylic acids is 1. The number of nitrogens with zero attached hydrogens (tertiary/aromatic N) is 2. The van der Waals surface area contributed by atoms with Gasteiger partial charge in [-0.25, -0.2) is 0 Å². The van der Waals surface area contributed by atoms with Crippen LogP contribution in [0.4, 0.5) is 0 Å². The number of aliphatic hydroxyl groups excluding tert-OH is 1. The number of ether oxygens (including phenoxy) is 1. The van der Waals surface area contributed by atoms with Gasteiger partial charge in [0.2, 0.25) is 0 Å². The van der Waals surface area contributed by atoms with E-state index in [1.54, 1.807) is 47.4 Å². The molecule has 6 heteroatoms. The second kappa shape index (κ2) is 8.34. The molecule has 0 aliphatic heterocycles. The van der Waals surface area contributed by atoms with E-state index in [1.807, 2.05) is 13.0 Å². The van der Waals surface area contributed by atoms with Crippen molar-refractivity contribution in [2.45, 2.75) is 6.92 Å². The van der Waals surface area contributed by atoms with Gasteiger partial charge in [0.1, 0.15) is 23.1 Å². The van der Waals surface area contributed by atoms with Crippen LogP contribution in [-0.2, 0) is 0 Å². The Kier molecular flexibility index (Phi) is 6.19. The summed E-state index contributed by atoms with van der Waals surface area (Å²) < 4.78 is 5.72. The Labute approximate surface area is 145 Å². The van der Waals surface area contributed by atoms with Crippen LogP contribution in [0.25, 0.3) is 0 Å². The van der Waals surface area contributed by atoms with Gasteiger partial charge in [0, 0.05) is 18.7 Å². The number of nitriles is 1. The van der Waals surface area contributed by atoms with E-state index in [-0.39, 0.29) is 24.6 Å². The summed E-state index contributed by atoms with van der Waals surface area (Å²) in [5.74, 6) is 0.570. The molecule has 0 fully saturated rings. The number of benzene rings is 2. The predicted octanol–water partition coefficient (Wildman–Crippen LogP) is 3.46. The second-order valence-electron chi connectivity index (χ2n) is 4.96. The lowest BCUT2D eigenvalue weighted by molar-refractivity contribution is 0.0731. The van der Waals surface area contributed by atoms with Crippen LogP contribution in [-0.4, -0.2) is 35.6 Å². The number of hydrogen-bond acceptors (Lipinski definition) is 4. The number of carbonyl (C=O) groups is 1. The summed E-state index contributed by atoms with van der Waals surface area (Å²) in [6.07, 6.45) is 0. The minimum absolute atomic E-state index is 0.0934. The monoisotopic (exact) mass is 344 g/mol. The van der Waals surface area contributed by atoms with E-state index in [4.69, 9.17) is 21.4 Å². The van der Waals surface area contributed by atoms with E-state index in [1.165, 1.54) is 0 Å². The molecule has 0 spiro atoms. The summed E-state index contributed by atoms with van der Waals surface area (Å²) >= 11 is 5.99. The topological polar surface area (TPSA) is 73.6 Å². The maximum absolute atomic E-state index is 12.4. The van der Waals surface area contributed by atoms with Crippen LogP contribution in [0.3, 0.4) is 0 Å². The standard InChI is InChI=1S/C18H17ClN2O3/c1-2-21(9-10-22)18(23)13-5-3-6-14(11-13)24-17-8-4-7-16(19)15(17)12-20/h3-8,11,22H,2,9-10H2,1H3. The Morgan fingerprint density at radius 3 is 2.75 bits per heavy atom. The van der Waals surface area contributed by atoms with Crippen LogP contribution in [0.2, 0.25) is 5.02 Å². The molecule has 0 atom stereocenters. The van der Waals surface area contributed by atoms with Gasteiger partial charge >= 0.3 is 0 Å². The van der Waals surface area contributed by atoms with Crippen molar-refractivity contribution in [1.82, 2.24) is 4.90 Å². The molecule has 2 aromatic carbocycles. The Morgan fingerprint density at radius 1 is 1.33 bits per heavy atom. The van der Waals surface area contributed by atoms with Crippen LogP contribution in [0.15, 0.2) is 42.5 Å². The molecular formula is C18H17ClN2O3. The molecule has 0 unspecified atom stereocenters. The van der Waals surface area contributed by atoms with E-state index in [0.29, 0.717) is 28.6 Å². The van der Waals surface area contributed by atoms with Crippen LogP contribution in [0.1, 0.15) is 22.8 Å². The van der Waals surface area contributed by atoms with Gasteiger partial charge in [-0.3, -0.25) is 4.79 Å². The van der Waals surface area contributed by atoms with Crippen LogP contribution >= 0.6 is 11.6 Å². The minimum atomic E-state index is -0.191. The number of likely N-dealkylation sites (N-methyl/N-ethyl adjacent to an activating group) is 1. The molecule has 124 valence electrons. The molecular weight excluding hydrogens is 328 g/mol. The summed E-state index contributed by atoms with van der Waals surface area (Å²) in [5.41, 5.74) is 0.690. The summed E-state index contributed by atoms with van der Waals surface area (Å²) in [5, 5.41) is 18.5. The van der Waals surface area contributed by atoms with Gasteiger partial charge < -0.3 is 14.7 Å². The van der Waals surface area contributed by atoms with Crippen LogP contribution in [0.5, 0.6) is 11.5 Å². The summed E-state index contributed by atoms with van der Waals surface area (Å²) in [6.45, 7) is 2.52. The zero-order valence-electron chi connectivity index (χ0n) is 13.2. The van der Waals surface area contributed by atoms with Gasteiger partial charge in [0.15, 0.2) is 0 Å². The van der Waals surface area contributed by atoms with E-state index < -0.39 is 0 Å². The zero-order chi connectivity index (χ0) is 17.5. The fourth-order valence-electron chi connectivity index (χ4n) is 2.22. The summed E-state index contributed by atoms with van der Waals surface area (Å²) in [6, 6.07) is 13.6. The number of hydrogen-bond donors (Lipinski definition) is 1. The van der Waals surface area contributed by atoms with Crippen molar-refractivity contribution in [1.29, 1.82) is 5.26 Å². The fraction of sp³-hybridized carbons (Fsp3) is 0.222. The molecule has 1 N–H and O–H groups in total. The first-order valence-electron chi connectivity index (χ1n) is 7.47. The Morgan fingerprint density at radius 2 is 2.08 bits per heavy atom. The van der Waals surface area contributed by atoms with Crippen molar-refractivity contribution in [3.8, 4) is 17.6 Å². The number of rotatable bonds is 6. The first-order chi connectivity index (χ1) is 11.6. The molecule has 24 heavy (non-hydrogen) atoms. The molecule has 0 heterocycles. The number of amides is 1. The van der Waals surface area contributed by atoms with Crippen molar-refractivity contribution in [2.75, 3.05) is 19.7 Å². The molecule has 0 radical (unpaired) electrons. The number of aliphatic hydroxyl groups is 1. The molecule has 0 bridgehead atoms. The molecule has 5 nitrogen and oxygen atoms in total. The van der Waals surface area contributed by atoms with Crippen molar-refractivity contribution < 1.29 is 14.6 Å². The van der Waals surface area contributed by atoms with Gasteiger partial charge in [0.25, 0.3) is 5.91 Å². The van der Waals surface area contributed by atoms with Gasteiger partial charge in [-0.1, -0.05) is 23.7 Å². The lowest BCUT2D eigenvalue weighted by Crippen LogP contribution is -2.33. The van der Waals surface area contributed by atoms with Gasteiger partial charge in [-0.15, -0.1) is 0 Å². The normalized spacial score (nSPS) is 10.1. The third kappa shape index (κ3) is 4.05. The van der Waals surface area contributed by atoms with Crippen molar-refractivity contribution >= 4 is 17.5 Å². The third-order valence-electron chi connectivity index (χ3n) is 3.43. The lowest BCUT2D eigenvalue weighted by Gasteiger charge is -2.20. The highest BCUT2D eigenvalue weighted by molar-refractivity contribution is 6.31. The van der Waals surface area contributed by atoms with Crippen LogP contribution < -0.4 is 4.74 Å². The van der Waals surface area contributed by atoms with E-state index in [0.717, 1.165) is 0 Å². The SMILES string of the molecule is CCN(CCO)C(=O)c1cccc(Oc2cccc(Cl)c2C#N)c1. The van der Waals surface area contributed by atoms with Crippen molar-refractivity contribution in [3.05, 3.63) is 58.6 Å². The molecule has 2 rings (SSSR count). The molecule has 0 aliphatic carbocycles. The highest BCUT2D eigenvalue weighted by Gasteiger charge is 2.15. The van der Waals surface area contributed by atoms with Gasteiger partial charge in [0.05, 0.1) is 11.6 Å². The van der Waals surface area contributed by atoms with E-state index in [9.17, 15) is 10.1 Å². The van der Waals surface area contributed by atoms with E-state index in [2.05, 4.69) is 0 Å². The molecule has 2 aromatic rings. The number of halogens is 1. The van der Waals surface area contributed by atoms with Gasteiger partial charge in [-0.05, 0) is 37.3 Å². The summed E-state index contributed by atoms with van der Waals surface area (Å²) in [7, 11) is 0. The molecule has 0 aliphatic rings. The van der Waals surface area contributed by atoms with Crippen molar-refractivity contribution in [2.24, 2.45) is 0 Å². The molecule has 0 saturated carbocycles. The largest absolute Gasteiger partial charge is 0.456 e. The fourth-order valence-corrected chi connectivity index (χ4v) is 2.43. The minimum Gasteiger partial charge on any atom is -0.456 e. The molecule has 1 amide bonds. The maximum atomic E-state index is 12.4. The second-order valence-corrected chi connectivity index (χ2v) is 5.37. The third-order valence-corrected chi connectivity index (χ3v) is 3.75. The van der Waals surface area contributed by atoms with Gasteiger partial charge in [-0.2, -0.15) is 5.26 Å². The smallest absolute Gasteiger partial charge is 0.254 e. The predicted molar refractivity (Wildman–Crippen MR) is 91.3 cm³/mol. The quantitative estimate of drug-likeness (QED) is 0.870. The lowest BCUT2D eigenvalue weighted by atomic mass is 10.1. The first-order valence-corrected chi connectivity index (χ1v) is 7.85. The highest BCUT2D eigenvalue weighted by Crippen LogP contribution is 2.30. The highest BCUT2D eigenvalue weighted by atomic mass is 35.5. The molecule has 0 saturated heterocycles. The molecule has 0 aromatic heterocycles. The average molecular weight is 345 g/mol. The first kappa shape index (κ1) is 17.8.